The van der Waals surface area contributed by atoms with E-state index in [1.54, 1.807) is 22.5 Å². The molecule has 200 valence electrons. The van der Waals surface area contributed by atoms with Crippen molar-refractivity contribution in [2.45, 2.75) is 56.8 Å². The van der Waals surface area contributed by atoms with Crippen molar-refractivity contribution in [3.63, 3.8) is 0 Å². The largest absolute Gasteiger partial charge is 0.465 e. The zero-order valence-electron chi connectivity index (χ0n) is 20.9. The van der Waals surface area contributed by atoms with E-state index in [0.29, 0.717) is 17.7 Å². The molecule has 1 unspecified atom stereocenters. The van der Waals surface area contributed by atoms with Crippen molar-refractivity contribution in [2.75, 3.05) is 6.61 Å². The maximum absolute atomic E-state index is 12.5. The lowest BCUT2D eigenvalue weighted by Gasteiger charge is -2.26. The van der Waals surface area contributed by atoms with E-state index in [4.69, 9.17) is 31.2 Å². The highest BCUT2D eigenvalue weighted by Gasteiger charge is 2.62. The molecule has 2 aromatic rings. The molecule has 0 N–H and O–H groups in total. The van der Waals surface area contributed by atoms with Crippen LogP contribution in [0.3, 0.4) is 0 Å². The quantitative estimate of drug-likeness (QED) is 0.0754. The monoisotopic (exact) mass is 572 g/mol. The molecule has 1 aromatic heterocycles. The van der Waals surface area contributed by atoms with E-state index in [0.717, 1.165) is 27.1 Å². The third-order valence-corrected chi connectivity index (χ3v) is 10.2. The topological polar surface area (TPSA) is 91.4 Å². The lowest BCUT2D eigenvalue weighted by molar-refractivity contribution is -0.149. The standard InChI is InChI=1S/C28H28O7S3/c1-16-24-18(6-4-3-5-13-28(2)26(35-28)25(24)34-27(16)31)15-32-21(29)11-12-22(30)33-19-9-7-17(8-10-19)20-14-23(36)38-37-20/h3-4,7-10,14,18,24-26H,1,5-6,11-13,15H2,2H3/b4-3-/t18?,24-,25+,26+,28-/m1/s1. The molecule has 2 saturated heterocycles. The Labute approximate surface area is 233 Å². The number of carbonyl (C=O) groups excluding carboxylic acids is 3. The smallest absolute Gasteiger partial charge is 0.334 e. The predicted octanol–water partition coefficient (Wildman–Crippen LogP) is 6.05. The molecule has 2 aliphatic heterocycles. The van der Waals surface area contributed by atoms with Crippen LogP contribution in [0, 0.1) is 15.7 Å². The Hall–Kier alpha value is -2.66. The minimum Gasteiger partial charge on any atom is -0.465 e. The van der Waals surface area contributed by atoms with Gasteiger partial charge in [0.2, 0.25) is 0 Å². The predicted molar refractivity (Wildman–Crippen MR) is 147 cm³/mol. The van der Waals surface area contributed by atoms with E-state index in [9.17, 15) is 14.4 Å². The lowest BCUT2D eigenvalue weighted by Crippen LogP contribution is -2.35. The van der Waals surface area contributed by atoms with Crippen molar-refractivity contribution in [1.29, 1.82) is 0 Å². The van der Waals surface area contributed by atoms with Crippen LogP contribution in [0.1, 0.15) is 39.0 Å². The van der Waals surface area contributed by atoms with Crippen LogP contribution in [0.15, 0.2) is 54.6 Å². The van der Waals surface area contributed by atoms with Gasteiger partial charge < -0.3 is 18.9 Å². The Kier molecular flexibility index (Phi) is 7.95. The SMILES string of the molecule is C=C1C(=O)O[C@H]2[C@H]1C(COC(=O)CCC(=O)Oc1ccc(-c3cc(=S)ss3)cc1)C/C=C\CC[C@@]1(C)O[C@@H]21. The highest BCUT2D eigenvalue weighted by Crippen LogP contribution is 2.50. The van der Waals surface area contributed by atoms with Crippen LogP contribution in [-0.2, 0) is 28.6 Å². The molecule has 5 rings (SSSR count). The minimum atomic E-state index is -0.518. The van der Waals surface area contributed by atoms with Gasteiger partial charge in [0.1, 0.15) is 21.8 Å². The van der Waals surface area contributed by atoms with Gasteiger partial charge in [-0.25, -0.2) is 4.79 Å². The average molecular weight is 573 g/mol. The second-order valence-corrected chi connectivity index (χ2v) is 12.9. The third kappa shape index (κ3) is 5.98. The maximum Gasteiger partial charge on any atom is 0.334 e. The fourth-order valence-electron chi connectivity index (χ4n) is 5.08. The van der Waals surface area contributed by atoms with Gasteiger partial charge in [0.25, 0.3) is 0 Å². The van der Waals surface area contributed by atoms with E-state index in [-0.39, 0.29) is 43.0 Å². The lowest BCUT2D eigenvalue weighted by atomic mass is 9.78. The summed E-state index contributed by atoms with van der Waals surface area (Å²) in [5, 5.41) is 0. The van der Waals surface area contributed by atoms with Gasteiger partial charge in [0.15, 0.2) is 0 Å². The van der Waals surface area contributed by atoms with Crippen molar-refractivity contribution >= 4 is 50.8 Å². The fourth-order valence-corrected chi connectivity index (χ4v) is 7.48. The Balaban J connectivity index is 1.13. The van der Waals surface area contributed by atoms with Crippen LogP contribution in [-0.4, -0.2) is 42.3 Å². The summed E-state index contributed by atoms with van der Waals surface area (Å²) in [5.41, 5.74) is 1.07. The first-order valence-electron chi connectivity index (χ1n) is 12.5. The molecule has 0 amide bonds. The van der Waals surface area contributed by atoms with Crippen LogP contribution >= 0.6 is 32.9 Å². The van der Waals surface area contributed by atoms with Crippen molar-refractivity contribution in [1.82, 2.24) is 0 Å². The van der Waals surface area contributed by atoms with Gasteiger partial charge in [-0.1, -0.05) is 51.6 Å². The molecule has 3 aliphatic rings. The van der Waals surface area contributed by atoms with Gasteiger partial charge in [-0.2, -0.15) is 0 Å². The Morgan fingerprint density at radius 2 is 1.92 bits per heavy atom. The Bertz CT molecular complexity index is 1320. The summed E-state index contributed by atoms with van der Waals surface area (Å²) in [7, 11) is 3.14. The summed E-state index contributed by atoms with van der Waals surface area (Å²) in [6.45, 7) is 6.09. The van der Waals surface area contributed by atoms with E-state index < -0.39 is 24.0 Å². The zero-order chi connectivity index (χ0) is 26.9. The Morgan fingerprint density at radius 3 is 2.66 bits per heavy atom. The first-order valence-corrected chi connectivity index (χ1v) is 15.1. The molecule has 0 saturated carbocycles. The highest BCUT2D eigenvalue weighted by molar-refractivity contribution is 7.80. The van der Waals surface area contributed by atoms with Gasteiger partial charge in [-0.3, -0.25) is 9.59 Å². The first-order chi connectivity index (χ1) is 18.2. The second kappa shape index (κ2) is 11.2. The molecule has 3 heterocycles. The third-order valence-electron chi connectivity index (χ3n) is 7.25. The second-order valence-electron chi connectivity index (χ2n) is 9.95. The van der Waals surface area contributed by atoms with Crippen LogP contribution < -0.4 is 4.74 Å². The van der Waals surface area contributed by atoms with E-state index >= 15 is 0 Å². The van der Waals surface area contributed by atoms with Crippen molar-refractivity contribution in [3.05, 3.63) is 58.5 Å². The molecule has 2 fully saturated rings. The summed E-state index contributed by atoms with van der Waals surface area (Å²) in [6, 6.07) is 9.11. The normalized spacial score (nSPS) is 29.0. The fraction of sp³-hybridized carbons (Fsp3) is 0.429. The molecule has 38 heavy (non-hydrogen) atoms. The van der Waals surface area contributed by atoms with Crippen molar-refractivity contribution in [2.24, 2.45) is 11.8 Å². The van der Waals surface area contributed by atoms with Crippen LogP contribution in [0.2, 0.25) is 0 Å². The number of carbonyl (C=O) groups is 3. The van der Waals surface area contributed by atoms with Crippen molar-refractivity contribution in [3.8, 4) is 16.2 Å². The molecular formula is C28H28O7S3. The number of epoxide rings is 1. The zero-order valence-corrected chi connectivity index (χ0v) is 23.3. The molecule has 5 atom stereocenters. The molecule has 0 radical (unpaired) electrons. The number of hydrogen-bond acceptors (Lipinski definition) is 10. The first kappa shape index (κ1) is 26.9. The van der Waals surface area contributed by atoms with E-state index in [2.05, 4.69) is 18.7 Å². The number of benzene rings is 1. The number of rotatable bonds is 7. The summed E-state index contributed by atoms with van der Waals surface area (Å²) >= 11 is 5.17. The Morgan fingerprint density at radius 1 is 1.16 bits per heavy atom. The molecule has 0 bridgehead atoms. The summed E-state index contributed by atoms with van der Waals surface area (Å²) in [4.78, 5) is 38.2. The van der Waals surface area contributed by atoms with E-state index in [1.807, 2.05) is 25.1 Å². The summed E-state index contributed by atoms with van der Waals surface area (Å²) < 4.78 is 23.3. The highest BCUT2D eigenvalue weighted by atomic mass is 32.9. The van der Waals surface area contributed by atoms with Crippen LogP contribution in [0.5, 0.6) is 5.75 Å². The number of esters is 3. The number of hydrogen-bond donors (Lipinski definition) is 0. The van der Waals surface area contributed by atoms with Crippen LogP contribution in [0.4, 0.5) is 0 Å². The number of fused-ring (bicyclic) bond motifs is 3. The maximum atomic E-state index is 12.5. The van der Waals surface area contributed by atoms with Crippen LogP contribution in [0.25, 0.3) is 10.4 Å². The molecule has 10 heteroatoms. The van der Waals surface area contributed by atoms with Crippen molar-refractivity contribution < 1.29 is 33.3 Å². The molecular weight excluding hydrogens is 545 g/mol. The molecule has 1 aliphatic carbocycles. The van der Waals surface area contributed by atoms with Gasteiger partial charge in [-0.15, -0.1) is 0 Å². The van der Waals surface area contributed by atoms with Gasteiger partial charge in [0, 0.05) is 22.3 Å². The number of allylic oxidation sites excluding steroid dienone is 2. The van der Waals surface area contributed by atoms with E-state index in [1.165, 1.54) is 10.3 Å². The molecule has 0 spiro atoms. The minimum absolute atomic E-state index is 0.0928. The average Bonchev–Trinajstić information content (AvgIpc) is 3.20. The van der Waals surface area contributed by atoms with Gasteiger partial charge >= 0.3 is 17.9 Å². The molecule has 7 nitrogen and oxygen atoms in total. The summed E-state index contributed by atoms with van der Waals surface area (Å²) in [6.07, 6.45) is 5.65. The number of ether oxygens (including phenoxy) is 4. The summed E-state index contributed by atoms with van der Waals surface area (Å²) in [5.74, 6) is -1.52. The van der Waals surface area contributed by atoms with Gasteiger partial charge in [-0.05, 0) is 62.1 Å². The van der Waals surface area contributed by atoms with Gasteiger partial charge in [0.05, 0.1) is 25.0 Å². The molecule has 1 aromatic carbocycles.